The minimum absolute atomic E-state index is 0.0221. The van der Waals surface area contributed by atoms with Crippen molar-refractivity contribution >= 4 is 21.6 Å². The molecule has 0 saturated carbocycles. The summed E-state index contributed by atoms with van der Waals surface area (Å²) in [6, 6.07) is 9.46. The Balaban J connectivity index is 2.12. The van der Waals surface area contributed by atoms with Crippen molar-refractivity contribution in [1.82, 2.24) is 0 Å². The lowest BCUT2D eigenvalue weighted by atomic mass is 10.2. The van der Waals surface area contributed by atoms with Crippen LogP contribution in [0.3, 0.4) is 0 Å². The fraction of sp³-hybridized carbons (Fsp3) is 0.143. The monoisotopic (exact) mass is 337 g/mol. The van der Waals surface area contributed by atoms with E-state index in [1.165, 1.54) is 18.2 Å². The van der Waals surface area contributed by atoms with E-state index in [9.17, 15) is 15.2 Å². The van der Waals surface area contributed by atoms with Crippen molar-refractivity contribution in [2.45, 2.75) is 13.5 Å². The number of hydrogen-bond acceptors (Lipinski definition) is 4. The van der Waals surface area contributed by atoms with Gasteiger partial charge in [0.15, 0.2) is 0 Å². The molecule has 0 aliphatic rings. The Morgan fingerprint density at radius 2 is 2.05 bits per heavy atom. The van der Waals surface area contributed by atoms with Crippen LogP contribution in [0.4, 0.5) is 5.69 Å². The molecule has 0 fully saturated rings. The number of nitro groups is 1. The van der Waals surface area contributed by atoms with Crippen LogP contribution in [0.1, 0.15) is 11.1 Å². The number of aromatic hydroxyl groups is 1. The molecule has 0 aliphatic carbocycles. The van der Waals surface area contributed by atoms with Crippen molar-refractivity contribution in [2.24, 2.45) is 0 Å². The van der Waals surface area contributed by atoms with Gasteiger partial charge in [-0.25, -0.2) is 0 Å². The van der Waals surface area contributed by atoms with Crippen LogP contribution < -0.4 is 4.74 Å². The zero-order chi connectivity index (χ0) is 14.7. The number of halogens is 1. The largest absolute Gasteiger partial charge is 0.508 e. The second-order valence-electron chi connectivity index (χ2n) is 4.33. The summed E-state index contributed by atoms with van der Waals surface area (Å²) in [6.45, 7) is 2.11. The van der Waals surface area contributed by atoms with Crippen molar-refractivity contribution in [3.05, 3.63) is 62.1 Å². The van der Waals surface area contributed by atoms with Crippen LogP contribution in [-0.2, 0) is 6.61 Å². The van der Waals surface area contributed by atoms with Gasteiger partial charge < -0.3 is 9.84 Å². The third kappa shape index (κ3) is 3.48. The molecule has 20 heavy (non-hydrogen) atoms. The molecule has 0 heterocycles. The summed E-state index contributed by atoms with van der Waals surface area (Å²) in [6.07, 6.45) is 0. The lowest BCUT2D eigenvalue weighted by Gasteiger charge is -2.09. The highest BCUT2D eigenvalue weighted by molar-refractivity contribution is 9.10. The molecule has 2 aromatic rings. The topological polar surface area (TPSA) is 72.6 Å². The van der Waals surface area contributed by atoms with Crippen LogP contribution >= 0.6 is 15.9 Å². The maximum Gasteiger partial charge on any atom is 0.270 e. The number of benzene rings is 2. The number of non-ortho nitro benzene ring substituents is 1. The molecular formula is C14H12BrNO4. The van der Waals surface area contributed by atoms with E-state index in [1.54, 1.807) is 18.2 Å². The number of rotatable bonds is 4. The molecule has 0 radical (unpaired) electrons. The van der Waals surface area contributed by atoms with Crippen LogP contribution in [0.15, 0.2) is 40.9 Å². The minimum atomic E-state index is -0.450. The molecular weight excluding hydrogens is 326 g/mol. The maximum absolute atomic E-state index is 10.6. The number of ether oxygens (including phenoxy) is 1. The van der Waals surface area contributed by atoms with Crippen LogP contribution in [0.25, 0.3) is 0 Å². The Kier molecular flexibility index (Phi) is 4.24. The number of nitrogens with zero attached hydrogens (tertiary/aromatic N) is 1. The summed E-state index contributed by atoms with van der Waals surface area (Å²) in [5, 5.41) is 20.1. The summed E-state index contributed by atoms with van der Waals surface area (Å²) in [7, 11) is 0. The summed E-state index contributed by atoms with van der Waals surface area (Å²) in [4.78, 5) is 10.2. The predicted octanol–water partition coefficient (Wildman–Crippen LogP) is 3.95. The normalized spacial score (nSPS) is 10.3. The molecule has 0 unspecified atom stereocenters. The van der Waals surface area contributed by atoms with Crippen LogP contribution in [0.5, 0.6) is 11.5 Å². The summed E-state index contributed by atoms with van der Waals surface area (Å²) in [5.74, 6) is 0.690. The van der Waals surface area contributed by atoms with Gasteiger partial charge in [0.05, 0.1) is 4.92 Å². The average Bonchev–Trinajstić information content (AvgIpc) is 2.36. The van der Waals surface area contributed by atoms with E-state index >= 15 is 0 Å². The highest BCUT2D eigenvalue weighted by atomic mass is 79.9. The molecule has 1 N–H and O–H groups in total. The number of aryl methyl sites for hydroxylation is 1. The van der Waals surface area contributed by atoms with Gasteiger partial charge in [0.25, 0.3) is 5.69 Å². The molecule has 0 amide bonds. The molecule has 5 nitrogen and oxygen atoms in total. The molecule has 0 bridgehead atoms. The van der Waals surface area contributed by atoms with Gasteiger partial charge in [0.2, 0.25) is 0 Å². The first-order chi connectivity index (χ1) is 9.45. The van der Waals surface area contributed by atoms with E-state index < -0.39 is 4.92 Å². The van der Waals surface area contributed by atoms with E-state index in [0.29, 0.717) is 10.2 Å². The van der Waals surface area contributed by atoms with Gasteiger partial charge >= 0.3 is 0 Å². The highest BCUT2D eigenvalue weighted by Gasteiger charge is 2.09. The van der Waals surface area contributed by atoms with Gasteiger partial charge in [0, 0.05) is 28.2 Å². The van der Waals surface area contributed by atoms with Crippen molar-refractivity contribution in [1.29, 1.82) is 0 Å². The molecule has 2 rings (SSSR count). The summed E-state index contributed by atoms with van der Waals surface area (Å²) in [5.41, 5.74) is 1.70. The molecule has 6 heteroatoms. The van der Waals surface area contributed by atoms with Gasteiger partial charge in [-0.2, -0.15) is 0 Å². The average molecular weight is 338 g/mol. The number of nitro benzene ring substituents is 1. The van der Waals surface area contributed by atoms with Crippen molar-refractivity contribution in [3.8, 4) is 11.5 Å². The van der Waals surface area contributed by atoms with Crippen LogP contribution in [-0.4, -0.2) is 10.0 Å². The first-order valence-corrected chi connectivity index (χ1v) is 6.61. The fourth-order valence-electron chi connectivity index (χ4n) is 1.74. The first kappa shape index (κ1) is 14.3. The second kappa shape index (κ2) is 5.92. The second-order valence-corrected chi connectivity index (χ2v) is 5.18. The van der Waals surface area contributed by atoms with Crippen LogP contribution in [0, 0.1) is 17.0 Å². The van der Waals surface area contributed by atoms with Gasteiger partial charge in [-0.3, -0.25) is 10.1 Å². The zero-order valence-electron chi connectivity index (χ0n) is 10.7. The SMILES string of the molecule is Cc1cc(O)cc(OCc2ccc([N+](=O)[O-])cc2Br)c1. The van der Waals surface area contributed by atoms with E-state index in [0.717, 1.165) is 11.1 Å². The Labute approximate surface area is 124 Å². The van der Waals surface area contributed by atoms with Gasteiger partial charge in [-0.1, -0.05) is 15.9 Å². The van der Waals surface area contributed by atoms with Crippen molar-refractivity contribution in [2.75, 3.05) is 0 Å². The smallest absolute Gasteiger partial charge is 0.270 e. The zero-order valence-corrected chi connectivity index (χ0v) is 12.3. The molecule has 0 atom stereocenters. The van der Waals surface area contributed by atoms with Gasteiger partial charge in [0.1, 0.15) is 18.1 Å². The van der Waals surface area contributed by atoms with E-state index in [2.05, 4.69) is 15.9 Å². The Bertz CT molecular complexity index is 637. The standard InChI is InChI=1S/C14H12BrNO4/c1-9-4-12(17)7-13(5-9)20-8-10-2-3-11(16(18)19)6-14(10)15/h2-7,17H,8H2,1H3. The third-order valence-corrected chi connectivity index (χ3v) is 3.42. The molecule has 104 valence electrons. The fourth-order valence-corrected chi connectivity index (χ4v) is 2.22. The molecule has 0 aromatic heterocycles. The summed E-state index contributed by atoms with van der Waals surface area (Å²) >= 11 is 3.28. The number of phenolic OH excluding ortho intramolecular Hbond substituents is 1. The Morgan fingerprint density at radius 3 is 2.65 bits per heavy atom. The maximum atomic E-state index is 10.6. The molecule has 0 saturated heterocycles. The quantitative estimate of drug-likeness (QED) is 0.677. The van der Waals surface area contributed by atoms with Gasteiger partial charge in [-0.05, 0) is 30.7 Å². The third-order valence-electron chi connectivity index (χ3n) is 2.68. The molecule has 2 aromatic carbocycles. The van der Waals surface area contributed by atoms with Crippen molar-refractivity contribution < 1.29 is 14.8 Å². The predicted molar refractivity (Wildman–Crippen MR) is 78.0 cm³/mol. The molecule has 0 spiro atoms. The Morgan fingerprint density at radius 1 is 1.30 bits per heavy atom. The van der Waals surface area contributed by atoms with Crippen molar-refractivity contribution in [3.63, 3.8) is 0 Å². The number of hydrogen-bond donors (Lipinski definition) is 1. The lowest BCUT2D eigenvalue weighted by Crippen LogP contribution is -1.98. The lowest BCUT2D eigenvalue weighted by molar-refractivity contribution is -0.384. The number of phenols is 1. The van der Waals surface area contributed by atoms with E-state index in [-0.39, 0.29) is 18.0 Å². The van der Waals surface area contributed by atoms with E-state index in [1.807, 2.05) is 6.92 Å². The van der Waals surface area contributed by atoms with E-state index in [4.69, 9.17) is 4.74 Å². The van der Waals surface area contributed by atoms with Gasteiger partial charge in [-0.15, -0.1) is 0 Å². The minimum Gasteiger partial charge on any atom is -0.508 e. The Hall–Kier alpha value is -2.08. The molecule has 0 aliphatic heterocycles. The first-order valence-electron chi connectivity index (χ1n) is 5.82. The highest BCUT2D eigenvalue weighted by Crippen LogP contribution is 2.26. The summed E-state index contributed by atoms with van der Waals surface area (Å²) < 4.78 is 6.19. The van der Waals surface area contributed by atoms with Crippen LogP contribution in [0.2, 0.25) is 0 Å².